The molecular weight excluding hydrogens is 292 g/mol. The van der Waals surface area contributed by atoms with Crippen molar-refractivity contribution in [1.82, 2.24) is 0 Å². The molecule has 0 aliphatic rings. The van der Waals surface area contributed by atoms with E-state index in [0.717, 1.165) is 17.1 Å². The summed E-state index contributed by atoms with van der Waals surface area (Å²) in [5, 5.41) is 2.69. The van der Waals surface area contributed by atoms with E-state index in [0.29, 0.717) is 16.6 Å². The van der Waals surface area contributed by atoms with Crippen LogP contribution in [0.1, 0.15) is 10.4 Å². The number of carbonyl (C=O) groups excluding carboxylic acids is 1. The first-order chi connectivity index (χ1) is 8.85. The summed E-state index contributed by atoms with van der Waals surface area (Å²) >= 11 is 3.21. The van der Waals surface area contributed by atoms with Gasteiger partial charge in [-0.3, -0.25) is 4.79 Å². The molecular formula is C15H11BrO2. The zero-order valence-electron chi connectivity index (χ0n) is 9.65. The van der Waals surface area contributed by atoms with Gasteiger partial charge in [0.1, 0.15) is 12.4 Å². The average Bonchev–Trinajstić information content (AvgIpc) is 2.42. The van der Waals surface area contributed by atoms with E-state index in [9.17, 15) is 4.79 Å². The van der Waals surface area contributed by atoms with Gasteiger partial charge in [-0.25, -0.2) is 0 Å². The average molecular weight is 303 g/mol. The lowest BCUT2D eigenvalue weighted by Gasteiger charge is -2.07. The number of hydrogen-bond acceptors (Lipinski definition) is 2. The summed E-state index contributed by atoms with van der Waals surface area (Å²) in [6, 6.07) is 11.6. The molecule has 18 heavy (non-hydrogen) atoms. The summed E-state index contributed by atoms with van der Waals surface area (Å²) in [4.78, 5) is 11.0. The number of aldehydes is 1. The first kappa shape index (κ1) is 12.7. The second-order valence-corrected chi connectivity index (χ2v) is 4.19. The SMILES string of the molecule is O=Cc1cc2ccccc2cc1OCC#CCBr. The number of carbonyl (C=O) groups is 1. The van der Waals surface area contributed by atoms with Crippen LogP contribution in [0.4, 0.5) is 0 Å². The number of hydrogen-bond donors (Lipinski definition) is 0. The van der Waals surface area contributed by atoms with Gasteiger partial charge >= 0.3 is 0 Å². The van der Waals surface area contributed by atoms with Gasteiger partial charge in [-0.05, 0) is 22.9 Å². The van der Waals surface area contributed by atoms with Crippen molar-refractivity contribution >= 4 is 33.0 Å². The molecule has 2 rings (SSSR count). The number of benzene rings is 2. The molecule has 0 aliphatic heterocycles. The van der Waals surface area contributed by atoms with Crippen molar-refractivity contribution in [3.8, 4) is 17.6 Å². The van der Waals surface area contributed by atoms with Gasteiger partial charge in [-0.2, -0.15) is 0 Å². The van der Waals surface area contributed by atoms with E-state index in [4.69, 9.17) is 4.74 Å². The summed E-state index contributed by atoms with van der Waals surface area (Å²) in [7, 11) is 0. The molecule has 0 aliphatic carbocycles. The minimum Gasteiger partial charge on any atom is -0.480 e. The van der Waals surface area contributed by atoms with Crippen molar-refractivity contribution in [1.29, 1.82) is 0 Å². The smallest absolute Gasteiger partial charge is 0.153 e. The summed E-state index contributed by atoms with van der Waals surface area (Å²) in [6.45, 7) is 0.283. The zero-order valence-corrected chi connectivity index (χ0v) is 11.2. The van der Waals surface area contributed by atoms with Gasteiger partial charge in [0.25, 0.3) is 0 Å². The molecule has 0 radical (unpaired) electrons. The minimum atomic E-state index is 0.283. The van der Waals surface area contributed by atoms with Crippen LogP contribution in [0.2, 0.25) is 0 Å². The topological polar surface area (TPSA) is 26.3 Å². The van der Waals surface area contributed by atoms with E-state index in [-0.39, 0.29) is 6.61 Å². The molecule has 0 fully saturated rings. The van der Waals surface area contributed by atoms with E-state index in [2.05, 4.69) is 27.8 Å². The van der Waals surface area contributed by atoms with Crippen LogP contribution in [0.15, 0.2) is 36.4 Å². The Bertz CT molecular complexity index is 623. The maximum atomic E-state index is 11.0. The van der Waals surface area contributed by atoms with E-state index in [1.165, 1.54) is 0 Å². The molecule has 0 heterocycles. The van der Waals surface area contributed by atoms with Crippen LogP contribution in [0.5, 0.6) is 5.75 Å². The largest absolute Gasteiger partial charge is 0.480 e. The van der Waals surface area contributed by atoms with Crippen molar-refractivity contribution < 1.29 is 9.53 Å². The number of rotatable bonds is 3. The number of halogens is 1. The van der Waals surface area contributed by atoms with E-state index in [1.54, 1.807) is 0 Å². The second-order valence-electron chi connectivity index (χ2n) is 3.63. The summed E-state index contributed by atoms with van der Waals surface area (Å²) < 4.78 is 5.51. The van der Waals surface area contributed by atoms with Gasteiger partial charge in [0.15, 0.2) is 6.29 Å². The van der Waals surface area contributed by atoms with Crippen molar-refractivity contribution in [3.05, 3.63) is 42.0 Å². The Morgan fingerprint density at radius 3 is 2.56 bits per heavy atom. The van der Waals surface area contributed by atoms with Gasteiger partial charge in [0, 0.05) is 0 Å². The zero-order chi connectivity index (χ0) is 12.8. The van der Waals surface area contributed by atoms with Crippen molar-refractivity contribution in [2.24, 2.45) is 0 Å². The lowest BCUT2D eigenvalue weighted by atomic mass is 10.1. The van der Waals surface area contributed by atoms with Crippen LogP contribution in [-0.4, -0.2) is 18.2 Å². The fraction of sp³-hybridized carbons (Fsp3) is 0.133. The van der Waals surface area contributed by atoms with Crippen LogP contribution >= 0.6 is 15.9 Å². The summed E-state index contributed by atoms with van der Waals surface area (Å²) in [5.74, 6) is 6.27. The third-order valence-corrected chi connectivity index (χ3v) is 2.78. The van der Waals surface area contributed by atoms with Crippen LogP contribution < -0.4 is 4.74 Å². The highest BCUT2D eigenvalue weighted by Gasteiger charge is 2.04. The minimum absolute atomic E-state index is 0.283. The van der Waals surface area contributed by atoms with Crippen LogP contribution in [0, 0.1) is 11.8 Å². The van der Waals surface area contributed by atoms with Crippen LogP contribution in [-0.2, 0) is 0 Å². The fourth-order valence-electron chi connectivity index (χ4n) is 1.67. The lowest BCUT2D eigenvalue weighted by molar-refractivity contribution is 0.112. The third-order valence-electron chi connectivity index (χ3n) is 2.50. The molecule has 0 atom stereocenters. The van der Waals surface area contributed by atoms with Gasteiger partial charge < -0.3 is 4.74 Å². The molecule has 0 N–H and O–H groups in total. The van der Waals surface area contributed by atoms with E-state index >= 15 is 0 Å². The Morgan fingerprint density at radius 1 is 1.17 bits per heavy atom. The quantitative estimate of drug-likeness (QED) is 0.493. The van der Waals surface area contributed by atoms with Crippen molar-refractivity contribution in [2.75, 3.05) is 11.9 Å². The van der Waals surface area contributed by atoms with Crippen molar-refractivity contribution in [2.45, 2.75) is 0 Å². The molecule has 0 spiro atoms. The normalized spacial score (nSPS) is 9.61. The van der Waals surface area contributed by atoms with Crippen LogP contribution in [0.3, 0.4) is 0 Å². The van der Waals surface area contributed by atoms with Gasteiger partial charge in [-0.1, -0.05) is 52.0 Å². The molecule has 0 aromatic heterocycles. The molecule has 2 aromatic rings. The van der Waals surface area contributed by atoms with E-state index in [1.807, 2.05) is 36.4 Å². The number of fused-ring (bicyclic) bond motifs is 1. The summed E-state index contributed by atoms with van der Waals surface area (Å²) in [5.41, 5.74) is 0.550. The predicted octanol–water partition coefficient (Wildman–Crippen LogP) is 3.43. The summed E-state index contributed by atoms with van der Waals surface area (Å²) in [6.07, 6.45) is 0.805. The fourth-order valence-corrected chi connectivity index (χ4v) is 1.86. The molecule has 0 saturated carbocycles. The molecule has 0 unspecified atom stereocenters. The maximum Gasteiger partial charge on any atom is 0.153 e. The highest BCUT2D eigenvalue weighted by atomic mass is 79.9. The van der Waals surface area contributed by atoms with Crippen LogP contribution in [0.25, 0.3) is 10.8 Å². The predicted molar refractivity (Wildman–Crippen MR) is 76.4 cm³/mol. The van der Waals surface area contributed by atoms with Gasteiger partial charge in [-0.15, -0.1) is 0 Å². The third kappa shape index (κ3) is 2.91. The molecule has 0 saturated heterocycles. The number of ether oxygens (including phenoxy) is 1. The Kier molecular flexibility index (Phi) is 4.38. The Labute approximate surface area is 114 Å². The monoisotopic (exact) mass is 302 g/mol. The van der Waals surface area contributed by atoms with Gasteiger partial charge in [0.2, 0.25) is 0 Å². The first-order valence-electron chi connectivity index (χ1n) is 5.47. The standard InChI is InChI=1S/C15H11BrO2/c16-7-3-4-8-18-15-10-13-6-2-1-5-12(13)9-14(15)11-17/h1-2,5-6,9-11H,7-8H2. The molecule has 3 heteroatoms. The highest BCUT2D eigenvalue weighted by molar-refractivity contribution is 9.09. The molecule has 90 valence electrons. The lowest BCUT2D eigenvalue weighted by Crippen LogP contribution is -1.98. The molecule has 2 nitrogen and oxygen atoms in total. The Hall–Kier alpha value is -1.79. The van der Waals surface area contributed by atoms with Crippen molar-refractivity contribution in [3.63, 3.8) is 0 Å². The Morgan fingerprint density at radius 2 is 1.89 bits per heavy atom. The Balaban J connectivity index is 2.33. The maximum absolute atomic E-state index is 11.0. The second kappa shape index (κ2) is 6.23. The van der Waals surface area contributed by atoms with Gasteiger partial charge in [0.05, 0.1) is 10.9 Å². The molecule has 0 amide bonds. The highest BCUT2D eigenvalue weighted by Crippen LogP contribution is 2.24. The molecule has 0 bridgehead atoms. The number of alkyl halides is 1. The van der Waals surface area contributed by atoms with E-state index < -0.39 is 0 Å². The molecule has 2 aromatic carbocycles. The first-order valence-corrected chi connectivity index (χ1v) is 6.60.